The maximum Gasteiger partial charge on any atom is 0.203 e. The van der Waals surface area contributed by atoms with Crippen LogP contribution < -0.4 is 27.5 Å². The van der Waals surface area contributed by atoms with E-state index in [1.165, 1.54) is 6.07 Å². The molecule has 0 radical (unpaired) electrons. The number of rotatable bonds is 10. The van der Waals surface area contributed by atoms with Gasteiger partial charge < -0.3 is 27.2 Å². The van der Waals surface area contributed by atoms with Crippen LogP contribution in [0.1, 0.15) is 18.5 Å². The molecule has 7 N–H and O–H groups in total. The highest BCUT2D eigenvalue weighted by atomic mass is 16.3. The number of nitrogens with two attached hydrogens (primary N) is 2. The van der Waals surface area contributed by atoms with Gasteiger partial charge in [0.25, 0.3) is 0 Å². The van der Waals surface area contributed by atoms with E-state index in [1.807, 2.05) is 18.2 Å². The minimum Gasteiger partial charge on any atom is -0.507 e. The standard InChI is InChI=1S/C22H28N6O2/c23-9-2-11-25-13-8-15-14-6-7-16(26-12-3-10-24)19-21(14)28(27-15)17-4-1-5-18(29)20(17)22(19)30/h1,4-7,25-26,29H,2-3,8-13,23-24H2. The van der Waals surface area contributed by atoms with Gasteiger partial charge >= 0.3 is 0 Å². The van der Waals surface area contributed by atoms with E-state index in [0.717, 1.165) is 54.6 Å². The van der Waals surface area contributed by atoms with Gasteiger partial charge in [-0.25, -0.2) is 4.52 Å². The normalized spacial score (nSPS) is 11.8. The Kier molecular flexibility index (Phi) is 5.98. The van der Waals surface area contributed by atoms with Crippen molar-refractivity contribution < 1.29 is 5.11 Å². The summed E-state index contributed by atoms with van der Waals surface area (Å²) in [4.78, 5) is 13.4. The summed E-state index contributed by atoms with van der Waals surface area (Å²) in [5.74, 6) is -0.0337. The van der Waals surface area contributed by atoms with Crippen molar-refractivity contribution in [3.05, 3.63) is 46.2 Å². The van der Waals surface area contributed by atoms with E-state index in [-0.39, 0.29) is 16.6 Å². The summed E-state index contributed by atoms with van der Waals surface area (Å²) < 4.78 is 1.80. The van der Waals surface area contributed by atoms with Crippen molar-refractivity contribution in [2.24, 2.45) is 11.5 Å². The highest BCUT2D eigenvalue weighted by Crippen LogP contribution is 2.33. The van der Waals surface area contributed by atoms with Gasteiger partial charge in [0, 0.05) is 30.6 Å². The van der Waals surface area contributed by atoms with Gasteiger partial charge in [-0.1, -0.05) is 6.07 Å². The zero-order valence-electron chi connectivity index (χ0n) is 16.9. The summed E-state index contributed by atoms with van der Waals surface area (Å²) >= 11 is 0. The molecule has 0 bridgehead atoms. The van der Waals surface area contributed by atoms with Gasteiger partial charge in [-0.2, -0.15) is 5.10 Å². The summed E-state index contributed by atoms with van der Waals surface area (Å²) in [7, 11) is 0. The summed E-state index contributed by atoms with van der Waals surface area (Å²) in [6, 6.07) is 9.03. The van der Waals surface area contributed by atoms with Crippen LogP contribution in [-0.2, 0) is 6.42 Å². The number of anilines is 1. The number of fused-ring (bicyclic) bond motifs is 2. The number of benzene rings is 2. The van der Waals surface area contributed by atoms with Crippen molar-refractivity contribution >= 4 is 32.9 Å². The Bertz CT molecular complexity index is 1220. The van der Waals surface area contributed by atoms with Crippen molar-refractivity contribution in [2.45, 2.75) is 19.3 Å². The molecule has 0 unspecified atom stereocenters. The molecule has 0 saturated heterocycles. The van der Waals surface area contributed by atoms with E-state index in [4.69, 9.17) is 16.6 Å². The van der Waals surface area contributed by atoms with Crippen LogP contribution in [0.4, 0.5) is 5.69 Å². The van der Waals surface area contributed by atoms with Gasteiger partial charge in [0.1, 0.15) is 5.75 Å². The zero-order chi connectivity index (χ0) is 21.1. The molecule has 0 spiro atoms. The highest BCUT2D eigenvalue weighted by molar-refractivity contribution is 6.09. The van der Waals surface area contributed by atoms with Gasteiger partial charge in [0.05, 0.1) is 27.5 Å². The second-order valence-electron chi connectivity index (χ2n) is 7.45. The first-order valence-electron chi connectivity index (χ1n) is 10.4. The van der Waals surface area contributed by atoms with Crippen molar-refractivity contribution in [3.63, 3.8) is 0 Å². The maximum absolute atomic E-state index is 13.4. The lowest BCUT2D eigenvalue weighted by Gasteiger charge is -2.11. The van der Waals surface area contributed by atoms with E-state index < -0.39 is 0 Å². The molecular formula is C22H28N6O2. The highest BCUT2D eigenvalue weighted by Gasteiger charge is 2.21. The Balaban J connectivity index is 1.88. The predicted molar refractivity (Wildman–Crippen MR) is 122 cm³/mol. The molecule has 4 aromatic rings. The molecule has 2 aromatic heterocycles. The number of nitrogens with one attached hydrogen (secondary N) is 2. The van der Waals surface area contributed by atoms with Gasteiger partial charge in [0.15, 0.2) is 0 Å². The summed E-state index contributed by atoms with van der Waals surface area (Å²) in [6.07, 6.45) is 2.46. The lowest BCUT2D eigenvalue weighted by molar-refractivity contribution is 0.481. The average Bonchev–Trinajstić information content (AvgIpc) is 3.11. The number of hydrogen-bond donors (Lipinski definition) is 5. The molecule has 158 valence electrons. The van der Waals surface area contributed by atoms with Gasteiger partial charge in [-0.15, -0.1) is 0 Å². The van der Waals surface area contributed by atoms with Crippen LogP contribution in [0.2, 0.25) is 0 Å². The largest absolute Gasteiger partial charge is 0.507 e. The number of phenols is 1. The number of aromatic nitrogens is 2. The minimum atomic E-state index is -0.191. The van der Waals surface area contributed by atoms with Crippen molar-refractivity contribution in [1.82, 2.24) is 14.9 Å². The van der Waals surface area contributed by atoms with Crippen LogP contribution in [0.15, 0.2) is 35.1 Å². The Hall–Kier alpha value is -2.94. The van der Waals surface area contributed by atoms with Crippen LogP contribution in [-0.4, -0.2) is 47.4 Å². The molecule has 8 nitrogen and oxygen atoms in total. The average molecular weight is 409 g/mol. The molecule has 8 heteroatoms. The SMILES string of the molecule is NCCCNCCc1nn2c3cccc(O)c3c(=O)c3c(NCCCN)ccc1c32. The Morgan fingerprint density at radius 2 is 1.80 bits per heavy atom. The first-order chi connectivity index (χ1) is 14.7. The third kappa shape index (κ3) is 3.54. The van der Waals surface area contributed by atoms with Crippen LogP contribution in [0.25, 0.3) is 27.2 Å². The second kappa shape index (κ2) is 8.83. The van der Waals surface area contributed by atoms with Gasteiger partial charge in [-0.3, -0.25) is 4.79 Å². The van der Waals surface area contributed by atoms with Crippen LogP contribution in [0.5, 0.6) is 5.75 Å². The first-order valence-corrected chi connectivity index (χ1v) is 10.4. The van der Waals surface area contributed by atoms with Gasteiger partial charge in [-0.05, 0) is 56.7 Å². The fourth-order valence-electron chi connectivity index (χ4n) is 3.95. The van der Waals surface area contributed by atoms with Crippen LogP contribution in [0.3, 0.4) is 0 Å². The topological polar surface area (TPSA) is 131 Å². The fourth-order valence-corrected chi connectivity index (χ4v) is 3.95. The first kappa shape index (κ1) is 20.3. The van der Waals surface area contributed by atoms with Crippen molar-refractivity contribution in [3.8, 4) is 5.75 Å². The maximum atomic E-state index is 13.4. The summed E-state index contributed by atoms with van der Waals surface area (Å²) in [6.45, 7) is 3.54. The van der Waals surface area contributed by atoms with E-state index in [0.29, 0.717) is 30.5 Å². The predicted octanol–water partition coefficient (Wildman–Crippen LogP) is 1.39. The lowest BCUT2D eigenvalue weighted by atomic mass is 10.0. The molecule has 4 rings (SSSR count). The molecule has 0 aliphatic heterocycles. The molecular weight excluding hydrogens is 380 g/mol. The molecule has 0 aliphatic carbocycles. The molecule has 2 aromatic carbocycles. The number of aromatic hydroxyl groups is 1. The van der Waals surface area contributed by atoms with E-state index in [1.54, 1.807) is 10.6 Å². The van der Waals surface area contributed by atoms with E-state index >= 15 is 0 Å². The smallest absolute Gasteiger partial charge is 0.203 e. The zero-order valence-corrected chi connectivity index (χ0v) is 16.9. The number of phenolic OH excluding ortho intramolecular Hbond substituents is 1. The van der Waals surface area contributed by atoms with Crippen molar-refractivity contribution in [1.29, 1.82) is 0 Å². The monoisotopic (exact) mass is 408 g/mol. The van der Waals surface area contributed by atoms with Crippen LogP contribution >= 0.6 is 0 Å². The van der Waals surface area contributed by atoms with Gasteiger partial charge in [0.2, 0.25) is 5.43 Å². The molecule has 0 saturated carbocycles. The third-order valence-electron chi connectivity index (χ3n) is 5.42. The number of pyridine rings is 1. The molecule has 0 fully saturated rings. The summed E-state index contributed by atoms with van der Waals surface area (Å²) in [5, 5.41) is 23.8. The molecule has 0 amide bonds. The van der Waals surface area contributed by atoms with E-state index in [2.05, 4.69) is 10.6 Å². The molecule has 0 atom stereocenters. The molecule has 0 aliphatic rings. The van der Waals surface area contributed by atoms with Crippen LogP contribution in [0, 0.1) is 0 Å². The molecule has 30 heavy (non-hydrogen) atoms. The lowest BCUT2D eigenvalue weighted by Crippen LogP contribution is -2.20. The Labute approximate surface area is 174 Å². The van der Waals surface area contributed by atoms with E-state index in [9.17, 15) is 9.90 Å². The Morgan fingerprint density at radius 3 is 2.60 bits per heavy atom. The second-order valence-corrected chi connectivity index (χ2v) is 7.45. The summed E-state index contributed by atoms with van der Waals surface area (Å²) in [5.41, 5.74) is 14.0. The Morgan fingerprint density at radius 1 is 1.00 bits per heavy atom. The third-order valence-corrected chi connectivity index (χ3v) is 5.42. The van der Waals surface area contributed by atoms with Crippen molar-refractivity contribution in [2.75, 3.05) is 38.0 Å². The quantitative estimate of drug-likeness (QED) is 0.198. The number of nitrogens with zero attached hydrogens (tertiary/aromatic N) is 2. The minimum absolute atomic E-state index is 0.0337. The number of hydrogen-bond acceptors (Lipinski definition) is 7. The fraction of sp³-hybridized carbons (Fsp3) is 0.364. The molecule has 2 heterocycles.